The molecule has 0 fully saturated rings. The van der Waals surface area contributed by atoms with Gasteiger partial charge in [-0.05, 0) is 18.6 Å². The van der Waals surface area contributed by atoms with Crippen LogP contribution in [0.25, 0.3) is 16.7 Å². The minimum absolute atomic E-state index is 0.0373. The molecule has 0 saturated carbocycles. The van der Waals surface area contributed by atoms with E-state index in [-0.39, 0.29) is 18.0 Å². The average molecular weight is 339 g/mol. The number of benzene rings is 1. The Balaban J connectivity index is 1.79. The second kappa shape index (κ2) is 7.74. The lowest BCUT2D eigenvalue weighted by molar-refractivity contribution is -0.121. The lowest BCUT2D eigenvalue weighted by Gasteiger charge is -2.07. The molecule has 0 aliphatic rings. The van der Waals surface area contributed by atoms with Gasteiger partial charge in [0.2, 0.25) is 5.91 Å². The van der Waals surface area contributed by atoms with Gasteiger partial charge in [-0.2, -0.15) is 5.10 Å². The maximum absolute atomic E-state index is 12.6. The first kappa shape index (κ1) is 16.9. The third-order valence-corrected chi connectivity index (χ3v) is 3.97. The van der Waals surface area contributed by atoms with Crippen LogP contribution in [-0.4, -0.2) is 31.8 Å². The van der Waals surface area contributed by atoms with Crippen LogP contribution in [0.5, 0.6) is 0 Å². The van der Waals surface area contributed by atoms with E-state index in [0.29, 0.717) is 17.6 Å². The van der Waals surface area contributed by atoms with Crippen LogP contribution in [0.15, 0.2) is 47.7 Å². The minimum atomic E-state index is -0.268. The number of hydrogen-bond acceptors (Lipinski definition) is 4. The Morgan fingerprint density at radius 1 is 1.20 bits per heavy atom. The van der Waals surface area contributed by atoms with Gasteiger partial charge in [-0.25, -0.2) is 9.67 Å². The summed E-state index contributed by atoms with van der Waals surface area (Å²) >= 11 is 0. The van der Waals surface area contributed by atoms with E-state index in [1.165, 1.54) is 17.1 Å². The number of aromatic nitrogens is 4. The third-order valence-electron chi connectivity index (χ3n) is 3.97. The van der Waals surface area contributed by atoms with E-state index in [1.807, 2.05) is 30.3 Å². The van der Waals surface area contributed by atoms with E-state index in [1.54, 1.807) is 4.68 Å². The molecule has 1 N–H and O–H groups in total. The summed E-state index contributed by atoms with van der Waals surface area (Å²) in [7, 11) is 0. The van der Waals surface area contributed by atoms with Gasteiger partial charge in [0.1, 0.15) is 18.3 Å². The molecule has 1 aromatic carbocycles. The number of para-hydroxylation sites is 1. The maximum atomic E-state index is 12.6. The molecule has 0 bridgehead atoms. The van der Waals surface area contributed by atoms with Crippen molar-refractivity contribution >= 4 is 16.9 Å². The van der Waals surface area contributed by atoms with E-state index in [9.17, 15) is 9.59 Å². The molecule has 0 radical (unpaired) electrons. The quantitative estimate of drug-likeness (QED) is 0.667. The second-order valence-corrected chi connectivity index (χ2v) is 5.86. The summed E-state index contributed by atoms with van der Waals surface area (Å²) in [5.74, 6) is -0.185. The molecule has 7 heteroatoms. The SMILES string of the molecule is CCCCCNC(=O)Cn1cnc2c(cnn2-c2ccccc2)c1=O. The fourth-order valence-corrected chi connectivity index (χ4v) is 2.63. The highest BCUT2D eigenvalue weighted by atomic mass is 16.2. The number of nitrogens with one attached hydrogen (secondary N) is 1. The largest absolute Gasteiger partial charge is 0.355 e. The van der Waals surface area contributed by atoms with Crippen LogP contribution >= 0.6 is 0 Å². The molecule has 3 rings (SSSR count). The smallest absolute Gasteiger partial charge is 0.264 e. The Labute approximate surface area is 145 Å². The van der Waals surface area contributed by atoms with Gasteiger partial charge < -0.3 is 5.32 Å². The van der Waals surface area contributed by atoms with Crippen molar-refractivity contribution in [1.82, 2.24) is 24.6 Å². The molecule has 7 nitrogen and oxygen atoms in total. The molecule has 0 aliphatic carbocycles. The zero-order valence-corrected chi connectivity index (χ0v) is 14.2. The number of hydrogen-bond donors (Lipinski definition) is 1. The molecule has 0 atom stereocenters. The van der Waals surface area contributed by atoms with Gasteiger partial charge >= 0.3 is 0 Å². The zero-order chi connectivity index (χ0) is 17.6. The van der Waals surface area contributed by atoms with Crippen LogP contribution in [-0.2, 0) is 11.3 Å². The van der Waals surface area contributed by atoms with Crippen molar-refractivity contribution in [3.8, 4) is 5.69 Å². The number of nitrogens with zero attached hydrogens (tertiary/aromatic N) is 4. The average Bonchev–Trinajstić information content (AvgIpc) is 3.07. The van der Waals surface area contributed by atoms with E-state index < -0.39 is 0 Å². The molecule has 25 heavy (non-hydrogen) atoms. The minimum Gasteiger partial charge on any atom is -0.355 e. The van der Waals surface area contributed by atoms with Crippen LogP contribution in [0, 0.1) is 0 Å². The number of amides is 1. The molecule has 0 aliphatic heterocycles. The summed E-state index contributed by atoms with van der Waals surface area (Å²) in [6.45, 7) is 2.70. The highest BCUT2D eigenvalue weighted by molar-refractivity contribution is 5.77. The van der Waals surface area contributed by atoms with Gasteiger partial charge in [0.25, 0.3) is 5.56 Å². The number of carbonyl (C=O) groups excluding carboxylic acids is 1. The second-order valence-electron chi connectivity index (χ2n) is 5.86. The Kier molecular flexibility index (Phi) is 5.23. The fourth-order valence-electron chi connectivity index (χ4n) is 2.63. The number of rotatable bonds is 7. The lowest BCUT2D eigenvalue weighted by Crippen LogP contribution is -2.32. The Hall–Kier alpha value is -2.96. The first-order valence-corrected chi connectivity index (χ1v) is 8.46. The molecule has 130 valence electrons. The summed E-state index contributed by atoms with van der Waals surface area (Å²) in [5, 5.41) is 7.48. The van der Waals surface area contributed by atoms with Crippen molar-refractivity contribution in [2.45, 2.75) is 32.7 Å². The molecule has 1 amide bonds. The lowest BCUT2D eigenvalue weighted by atomic mass is 10.2. The van der Waals surface area contributed by atoms with Gasteiger partial charge in [0.05, 0.1) is 11.9 Å². The zero-order valence-electron chi connectivity index (χ0n) is 14.2. The molecule has 0 saturated heterocycles. The van der Waals surface area contributed by atoms with Crippen molar-refractivity contribution < 1.29 is 4.79 Å². The molecule has 3 aromatic rings. The van der Waals surface area contributed by atoms with Crippen molar-refractivity contribution in [3.63, 3.8) is 0 Å². The normalized spacial score (nSPS) is 10.9. The van der Waals surface area contributed by atoms with Crippen LogP contribution in [0.3, 0.4) is 0 Å². The topological polar surface area (TPSA) is 81.8 Å². The summed E-state index contributed by atoms with van der Waals surface area (Å²) in [6, 6.07) is 9.49. The standard InChI is InChI=1S/C18H21N5O2/c1-2-3-7-10-19-16(24)12-22-13-20-17-15(18(22)25)11-21-23(17)14-8-5-4-6-9-14/h4-6,8-9,11,13H,2-3,7,10,12H2,1H3,(H,19,24). The monoisotopic (exact) mass is 339 g/mol. The molecule has 2 heterocycles. The van der Waals surface area contributed by atoms with Crippen molar-refractivity contribution in [1.29, 1.82) is 0 Å². The fraction of sp³-hybridized carbons (Fsp3) is 0.333. The van der Waals surface area contributed by atoms with Gasteiger partial charge in [0.15, 0.2) is 5.65 Å². The maximum Gasteiger partial charge on any atom is 0.264 e. The number of fused-ring (bicyclic) bond motifs is 1. The predicted octanol–water partition coefficient (Wildman–Crippen LogP) is 1.89. The molecular weight excluding hydrogens is 318 g/mol. The van der Waals surface area contributed by atoms with Crippen molar-refractivity contribution in [2.24, 2.45) is 0 Å². The summed E-state index contributed by atoms with van der Waals surface area (Å²) < 4.78 is 2.93. The van der Waals surface area contributed by atoms with Gasteiger partial charge in [-0.1, -0.05) is 38.0 Å². The van der Waals surface area contributed by atoms with E-state index in [4.69, 9.17) is 0 Å². The van der Waals surface area contributed by atoms with Crippen molar-refractivity contribution in [3.05, 3.63) is 53.2 Å². The Morgan fingerprint density at radius 3 is 2.76 bits per heavy atom. The van der Waals surface area contributed by atoms with Gasteiger partial charge in [-0.15, -0.1) is 0 Å². The number of carbonyl (C=O) groups is 1. The van der Waals surface area contributed by atoms with Crippen LogP contribution in [0.1, 0.15) is 26.2 Å². The highest BCUT2D eigenvalue weighted by Crippen LogP contribution is 2.12. The summed E-state index contributed by atoms with van der Waals surface area (Å²) in [4.78, 5) is 28.9. The predicted molar refractivity (Wildman–Crippen MR) is 95.7 cm³/mol. The van der Waals surface area contributed by atoms with E-state index in [2.05, 4.69) is 22.3 Å². The van der Waals surface area contributed by atoms with Crippen LogP contribution < -0.4 is 10.9 Å². The van der Waals surface area contributed by atoms with Crippen molar-refractivity contribution in [2.75, 3.05) is 6.54 Å². The molecule has 0 spiro atoms. The Morgan fingerprint density at radius 2 is 2.00 bits per heavy atom. The first-order valence-electron chi connectivity index (χ1n) is 8.46. The highest BCUT2D eigenvalue weighted by Gasteiger charge is 2.12. The van der Waals surface area contributed by atoms with E-state index in [0.717, 1.165) is 24.9 Å². The molecule has 0 unspecified atom stereocenters. The summed E-state index contributed by atoms with van der Waals surface area (Å²) in [6.07, 6.45) is 6.01. The number of unbranched alkanes of at least 4 members (excludes halogenated alkanes) is 2. The molecular formula is C18H21N5O2. The van der Waals surface area contributed by atoms with E-state index >= 15 is 0 Å². The van der Waals surface area contributed by atoms with Gasteiger partial charge in [0, 0.05) is 6.54 Å². The first-order chi connectivity index (χ1) is 12.2. The van der Waals surface area contributed by atoms with Crippen LogP contribution in [0.4, 0.5) is 0 Å². The molecule has 2 aromatic heterocycles. The van der Waals surface area contributed by atoms with Crippen LogP contribution in [0.2, 0.25) is 0 Å². The van der Waals surface area contributed by atoms with Gasteiger partial charge in [-0.3, -0.25) is 14.2 Å². The Bertz CT molecular complexity index is 914. The summed E-state index contributed by atoms with van der Waals surface area (Å²) in [5.41, 5.74) is 1.04. The third kappa shape index (κ3) is 3.76.